The number of aromatic nitrogens is 1. The van der Waals surface area contributed by atoms with Gasteiger partial charge < -0.3 is 19.3 Å². The minimum absolute atomic E-state index is 0.0323. The van der Waals surface area contributed by atoms with Crippen molar-refractivity contribution in [1.29, 1.82) is 0 Å². The summed E-state index contributed by atoms with van der Waals surface area (Å²) in [6, 6.07) is 17.0. The second-order valence-corrected chi connectivity index (χ2v) is 12.9. The van der Waals surface area contributed by atoms with E-state index >= 15 is 4.39 Å². The number of halogens is 3. The summed E-state index contributed by atoms with van der Waals surface area (Å²) in [6.45, 7) is 0.313. The van der Waals surface area contributed by atoms with Gasteiger partial charge in [0.15, 0.2) is 5.82 Å². The van der Waals surface area contributed by atoms with Gasteiger partial charge in [0.2, 0.25) is 5.91 Å². The van der Waals surface area contributed by atoms with Gasteiger partial charge in [-0.25, -0.2) is 9.18 Å². The summed E-state index contributed by atoms with van der Waals surface area (Å²) < 4.78 is 33.0. The number of benzene rings is 3. The van der Waals surface area contributed by atoms with Gasteiger partial charge in [0.25, 0.3) is 0 Å². The lowest BCUT2D eigenvalue weighted by Gasteiger charge is -2.51. The van der Waals surface area contributed by atoms with Gasteiger partial charge in [0.1, 0.15) is 11.5 Å². The number of nitrogens with one attached hydrogen (secondary N) is 1. The quantitative estimate of drug-likeness (QED) is 0.183. The zero-order chi connectivity index (χ0) is 31.2. The van der Waals surface area contributed by atoms with Crippen molar-refractivity contribution < 1.29 is 28.0 Å². The molecule has 4 saturated carbocycles. The highest BCUT2D eigenvalue weighted by atomic mass is 35.5. The molecule has 1 heterocycles. The van der Waals surface area contributed by atoms with Gasteiger partial charge in [-0.3, -0.25) is 4.79 Å². The Bertz CT molecular complexity index is 1740. The second kappa shape index (κ2) is 12.2. The standard InChI is InChI=1S/C35H31Cl2FN2O5/c1-43-35(42)23-12-13-27(31(38)29(23)18-6-3-2-4-7-18)39-34(41)28-20-14-21(28)16-22(15-20)44-17-24-32(40-45-33(24)19-10-11-19)30-25(36)8-5-9-26(30)37/h2-9,12-13,19-22,28H,10-11,14-17H2,1H3,(H,39,41). The Labute approximate surface area is 270 Å². The van der Waals surface area contributed by atoms with Crippen molar-refractivity contribution in [2.75, 3.05) is 12.4 Å². The predicted octanol–water partition coefficient (Wildman–Crippen LogP) is 8.69. The Balaban J connectivity index is 1.04. The maximum Gasteiger partial charge on any atom is 0.338 e. The minimum Gasteiger partial charge on any atom is -0.465 e. The van der Waals surface area contributed by atoms with Crippen molar-refractivity contribution in [2.45, 2.75) is 50.7 Å². The molecule has 4 aliphatic carbocycles. The summed E-state index contributed by atoms with van der Waals surface area (Å²) in [7, 11) is 1.25. The molecule has 1 amide bonds. The van der Waals surface area contributed by atoms with Gasteiger partial charge in [0, 0.05) is 28.5 Å². The fourth-order valence-electron chi connectivity index (χ4n) is 7.00. The van der Waals surface area contributed by atoms with E-state index in [1.165, 1.54) is 19.2 Å². The maximum atomic E-state index is 15.9. The molecule has 232 valence electrons. The van der Waals surface area contributed by atoms with Crippen molar-refractivity contribution in [3.8, 4) is 22.4 Å². The van der Waals surface area contributed by atoms with Gasteiger partial charge >= 0.3 is 5.97 Å². The smallest absolute Gasteiger partial charge is 0.338 e. The number of anilines is 1. The summed E-state index contributed by atoms with van der Waals surface area (Å²) in [4.78, 5) is 25.9. The summed E-state index contributed by atoms with van der Waals surface area (Å²) in [5.41, 5.74) is 2.87. The molecule has 2 bridgehead atoms. The van der Waals surface area contributed by atoms with E-state index in [1.807, 2.05) is 6.07 Å². The Morgan fingerprint density at radius 2 is 1.67 bits per heavy atom. The number of methoxy groups -OCH3 is 1. The van der Waals surface area contributed by atoms with E-state index in [9.17, 15) is 9.59 Å². The fraction of sp³-hybridized carbons (Fsp3) is 0.343. The van der Waals surface area contributed by atoms with Gasteiger partial charge in [-0.05, 0) is 73.8 Å². The van der Waals surface area contributed by atoms with Crippen LogP contribution in [-0.2, 0) is 20.9 Å². The number of hydrogen-bond acceptors (Lipinski definition) is 6. The lowest BCUT2D eigenvalue weighted by atomic mass is 9.56. The molecule has 1 aromatic heterocycles. The summed E-state index contributed by atoms with van der Waals surface area (Å²) in [5, 5.41) is 8.16. The van der Waals surface area contributed by atoms with Crippen LogP contribution in [-0.4, -0.2) is 30.2 Å². The number of fused-ring (bicyclic) bond motifs is 2. The summed E-state index contributed by atoms with van der Waals surface area (Å²) >= 11 is 13.0. The van der Waals surface area contributed by atoms with Crippen molar-refractivity contribution in [2.24, 2.45) is 17.8 Å². The zero-order valence-electron chi connectivity index (χ0n) is 24.5. The molecule has 0 radical (unpaired) electrons. The van der Waals surface area contributed by atoms with E-state index in [-0.39, 0.29) is 46.6 Å². The van der Waals surface area contributed by atoms with E-state index < -0.39 is 11.8 Å². The number of carbonyl (C=O) groups is 2. The molecule has 2 unspecified atom stereocenters. The van der Waals surface area contributed by atoms with E-state index in [4.69, 9.17) is 37.2 Å². The van der Waals surface area contributed by atoms with Crippen molar-refractivity contribution in [1.82, 2.24) is 5.16 Å². The van der Waals surface area contributed by atoms with Crippen LogP contribution in [0.2, 0.25) is 10.0 Å². The molecule has 3 aromatic carbocycles. The van der Waals surface area contributed by atoms with E-state index in [2.05, 4.69) is 10.5 Å². The van der Waals surface area contributed by atoms with Crippen LogP contribution in [0.25, 0.3) is 22.4 Å². The summed E-state index contributed by atoms with van der Waals surface area (Å²) in [5.74, 6) is -0.368. The number of hydrogen-bond donors (Lipinski definition) is 1. The van der Waals surface area contributed by atoms with Crippen LogP contribution >= 0.6 is 23.2 Å². The molecule has 4 fully saturated rings. The van der Waals surface area contributed by atoms with Crippen LogP contribution in [0.15, 0.2) is 65.2 Å². The van der Waals surface area contributed by atoms with Crippen LogP contribution < -0.4 is 5.32 Å². The molecule has 0 saturated heterocycles. The maximum absolute atomic E-state index is 15.9. The normalized spacial score (nSPS) is 22.0. The second-order valence-electron chi connectivity index (χ2n) is 12.1. The first-order chi connectivity index (χ1) is 21.8. The first-order valence-electron chi connectivity index (χ1n) is 15.2. The average Bonchev–Trinajstić information content (AvgIpc) is 3.80. The lowest BCUT2D eigenvalue weighted by Crippen LogP contribution is -2.51. The molecule has 45 heavy (non-hydrogen) atoms. The molecule has 10 heteroatoms. The molecule has 4 aliphatic rings. The monoisotopic (exact) mass is 648 g/mol. The van der Waals surface area contributed by atoms with Crippen molar-refractivity contribution >= 4 is 40.8 Å². The molecule has 8 rings (SSSR count). The first kappa shape index (κ1) is 30.0. The SMILES string of the molecule is COC(=O)c1ccc(NC(=O)C2C3CC(OCc4c(-c5c(Cl)cccc5Cl)noc4C4CC4)CC2C3)c(F)c1-c1ccccc1. The molecule has 0 aliphatic heterocycles. The Hall–Kier alpha value is -3.72. The highest BCUT2D eigenvalue weighted by Gasteiger charge is 2.51. The number of nitrogens with zero attached hydrogens (tertiary/aromatic N) is 1. The number of rotatable bonds is 9. The van der Waals surface area contributed by atoms with E-state index in [0.29, 0.717) is 39.4 Å². The van der Waals surface area contributed by atoms with Crippen molar-refractivity contribution in [3.05, 3.63) is 93.4 Å². The lowest BCUT2D eigenvalue weighted by molar-refractivity contribution is -0.142. The average molecular weight is 650 g/mol. The van der Waals surface area contributed by atoms with Crippen LogP contribution in [0.1, 0.15) is 59.7 Å². The summed E-state index contributed by atoms with van der Waals surface area (Å²) in [6.07, 6.45) is 4.43. The zero-order valence-corrected chi connectivity index (χ0v) is 26.0. The number of carbonyl (C=O) groups excluding carboxylic acids is 2. The van der Waals surface area contributed by atoms with Gasteiger partial charge in [-0.15, -0.1) is 0 Å². The van der Waals surface area contributed by atoms with Crippen LogP contribution in [0.3, 0.4) is 0 Å². The highest BCUT2D eigenvalue weighted by molar-refractivity contribution is 6.39. The number of esters is 1. The minimum atomic E-state index is -0.669. The van der Waals surface area contributed by atoms with Crippen molar-refractivity contribution in [3.63, 3.8) is 0 Å². The fourth-order valence-corrected chi connectivity index (χ4v) is 7.57. The van der Waals surface area contributed by atoms with E-state index in [1.54, 1.807) is 42.5 Å². The molecule has 4 aromatic rings. The third-order valence-electron chi connectivity index (χ3n) is 9.35. The molecular formula is C35H31Cl2FN2O5. The predicted molar refractivity (Wildman–Crippen MR) is 169 cm³/mol. The molecule has 1 N–H and O–H groups in total. The number of ether oxygens (including phenoxy) is 2. The van der Waals surface area contributed by atoms with Gasteiger partial charge in [0.05, 0.1) is 41.1 Å². The first-order valence-corrected chi connectivity index (χ1v) is 15.9. The molecule has 7 nitrogen and oxygen atoms in total. The third-order valence-corrected chi connectivity index (χ3v) is 9.98. The van der Waals surface area contributed by atoms with Gasteiger partial charge in [-0.2, -0.15) is 0 Å². The Morgan fingerprint density at radius 1 is 0.956 bits per heavy atom. The Kier molecular flexibility index (Phi) is 8.14. The van der Waals surface area contributed by atoms with Crippen LogP contribution in [0, 0.1) is 23.6 Å². The topological polar surface area (TPSA) is 90.7 Å². The number of amides is 1. The van der Waals surface area contributed by atoms with Crippen LogP contribution in [0.4, 0.5) is 10.1 Å². The molecule has 0 spiro atoms. The molecule has 2 atom stereocenters. The molecular weight excluding hydrogens is 618 g/mol. The van der Waals surface area contributed by atoms with Crippen LogP contribution in [0.5, 0.6) is 0 Å². The van der Waals surface area contributed by atoms with E-state index in [0.717, 1.165) is 43.4 Å². The largest absolute Gasteiger partial charge is 0.465 e. The Morgan fingerprint density at radius 3 is 2.33 bits per heavy atom. The third kappa shape index (κ3) is 5.64. The van der Waals surface area contributed by atoms with Gasteiger partial charge in [-0.1, -0.05) is 64.8 Å². The highest BCUT2D eigenvalue weighted by Crippen LogP contribution is 2.53.